The highest BCUT2D eigenvalue weighted by Crippen LogP contribution is 2.14. The molecule has 120 valence electrons. The molecule has 1 saturated heterocycles. The summed E-state index contributed by atoms with van der Waals surface area (Å²) in [6.07, 6.45) is 4.48. The third-order valence-corrected chi connectivity index (χ3v) is 4.24. The van der Waals surface area contributed by atoms with E-state index >= 15 is 0 Å². The fourth-order valence-corrected chi connectivity index (χ4v) is 3.06. The number of halogens is 2. The molecule has 0 radical (unpaired) electrons. The minimum absolute atomic E-state index is 0. The van der Waals surface area contributed by atoms with Gasteiger partial charge >= 0.3 is 0 Å². The zero-order valence-corrected chi connectivity index (χ0v) is 14.4. The Morgan fingerprint density at radius 3 is 2.90 bits per heavy atom. The molecule has 1 aliphatic rings. The molecule has 0 saturated carbocycles. The van der Waals surface area contributed by atoms with Gasteiger partial charge in [0.1, 0.15) is 0 Å². The number of nitrogens with zero attached hydrogens (tertiary/aromatic N) is 2. The molecule has 4 nitrogen and oxygen atoms in total. The van der Waals surface area contributed by atoms with Crippen molar-refractivity contribution in [3.8, 4) is 0 Å². The number of carbonyl (C=O) groups excluding carboxylic acids is 1. The summed E-state index contributed by atoms with van der Waals surface area (Å²) in [6, 6.07) is 6.08. The van der Waals surface area contributed by atoms with Crippen molar-refractivity contribution in [3.05, 3.63) is 30.1 Å². The van der Waals surface area contributed by atoms with Crippen LogP contribution in [-0.4, -0.2) is 40.7 Å². The van der Waals surface area contributed by atoms with Crippen LogP contribution >= 0.6 is 36.6 Å². The predicted octanol–water partition coefficient (Wildman–Crippen LogP) is 2.50. The largest absolute Gasteiger partial charge is 0.341 e. The molecule has 1 aliphatic heterocycles. The number of amides is 1. The lowest BCUT2D eigenvalue weighted by Crippen LogP contribution is -2.45. The molecule has 0 aliphatic carbocycles. The van der Waals surface area contributed by atoms with Gasteiger partial charge < -0.3 is 10.6 Å². The molecule has 0 bridgehead atoms. The standard InChI is InChI=1S/C14H21N3OS.2ClH/c15-12-4-3-8-17(10-12)14(18)6-9-19-11-13-5-1-2-7-16-13;;/h1-2,5,7,12H,3-4,6,8-11,15H2;2*1H. The quantitative estimate of drug-likeness (QED) is 0.828. The van der Waals surface area contributed by atoms with Crippen molar-refractivity contribution in [1.29, 1.82) is 0 Å². The summed E-state index contributed by atoms with van der Waals surface area (Å²) in [7, 11) is 0. The maximum absolute atomic E-state index is 12.0. The van der Waals surface area contributed by atoms with E-state index in [0.717, 1.165) is 43.1 Å². The Kier molecular flexibility index (Phi) is 10.9. The average Bonchev–Trinajstić information content (AvgIpc) is 2.44. The van der Waals surface area contributed by atoms with E-state index in [-0.39, 0.29) is 36.8 Å². The lowest BCUT2D eigenvalue weighted by atomic mass is 10.1. The number of hydrogen-bond donors (Lipinski definition) is 1. The maximum atomic E-state index is 12.0. The lowest BCUT2D eigenvalue weighted by molar-refractivity contribution is -0.131. The Morgan fingerprint density at radius 1 is 1.43 bits per heavy atom. The Balaban J connectivity index is 0.00000200. The van der Waals surface area contributed by atoms with Gasteiger partial charge in [-0.2, -0.15) is 11.8 Å². The van der Waals surface area contributed by atoms with Gasteiger partial charge in [0.15, 0.2) is 0 Å². The third kappa shape index (κ3) is 7.36. The van der Waals surface area contributed by atoms with Crippen LogP contribution in [-0.2, 0) is 10.5 Å². The van der Waals surface area contributed by atoms with Gasteiger partial charge in [-0.25, -0.2) is 0 Å². The SMILES string of the molecule is Cl.Cl.NC1CCCN(C(=O)CCSCc2ccccn2)C1. The van der Waals surface area contributed by atoms with Gasteiger partial charge in [0.2, 0.25) is 5.91 Å². The normalized spacial score (nSPS) is 17.6. The number of piperidine rings is 1. The molecule has 1 fully saturated rings. The number of rotatable bonds is 5. The van der Waals surface area contributed by atoms with Crippen LogP contribution < -0.4 is 5.73 Å². The molecule has 7 heteroatoms. The van der Waals surface area contributed by atoms with Crippen LogP contribution in [0.2, 0.25) is 0 Å². The molecule has 2 N–H and O–H groups in total. The lowest BCUT2D eigenvalue weighted by Gasteiger charge is -2.30. The van der Waals surface area contributed by atoms with Crippen molar-refractivity contribution in [3.63, 3.8) is 0 Å². The number of likely N-dealkylation sites (tertiary alicyclic amines) is 1. The number of thioether (sulfide) groups is 1. The zero-order valence-electron chi connectivity index (χ0n) is 11.9. The maximum Gasteiger partial charge on any atom is 0.223 e. The Bertz CT molecular complexity index is 408. The van der Waals surface area contributed by atoms with Crippen molar-refractivity contribution in [2.75, 3.05) is 18.8 Å². The van der Waals surface area contributed by atoms with Crippen LogP contribution in [0.15, 0.2) is 24.4 Å². The van der Waals surface area contributed by atoms with Crippen LogP contribution in [0.3, 0.4) is 0 Å². The van der Waals surface area contributed by atoms with Crippen molar-refractivity contribution in [2.24, 2.45) is 5.73 Å². The van der Waals surface area contributed by atoms with E-state index in [9.17, 15) is 4.79 Å². The van der Waals surface area contributed by atoms with Gasteiger partial charge in [0.25, 0.3) is 0 Å². The summed E-state index contributed by atoms with van der Waals surface area (Å²) in [5.74, 6) is 1.96. The molecule has 2 heterocycles. The van der Waals surface area contributed by atoms with Crippen molar-refractivity contribution in [2.45, 2.75) is 31.1 Å². The van der Waals surface area contributed by atoms with E-state index in [1.807, 2.05) is 23.1 Å². The summed E-state index contributed by atoms with van der Waals surface area (Å²) >= 11 is 1.76. The van der Waals surface area contributed by atoms with E-state index in [1.165, 1.54) is 0 Å². The fraction of sp³-hybridized carbons (Fsp3) is 0.571. The number of pyridine rings is 1. The van der Waals surface area contributed by atoms with E-state index in [4.69, 9.17) is 5.73 Å². The molecule has 2 rings (SSSR count). The minimum Gasteiger partial charge on any atom is -0.341 e. The summed E-state index contributed by atoms with van der Waals surface area (Å²) in [5, 5.41) is 0. The van der Waals surface area contributed by atoms with Crippen LogP contribution in [0, 0.1) is 0 Å². The highest BCUT2D eigenvalue weighted by molar-refractivity contribution is 7.98. The first-order valence-electron chi connectivity index (χ1n) is 6.76. The molecule has 1 aromatic rings. The summed E-state index contributed by atoms with van der Waals surface area (Å²) in [4.78, 5) is 18.2. The van der Waals surface area contributed by atoms with Gasteiger partial charge in [0.05, 0.1) is 5.69 Å². The van der Waals surface area contributed by atoms with Crippen molar-refractivity contribution in [1.82, 2.24) is 9.88 Å². The van der Waals surface area contributed by atoms with Gasteiger partial charge in [-0.05, 0) is 25.0 Å². The van der Waals surface area contributed by atoms with Crippen LogP contribution in [0.4, 0.5) is 0 Å². The van der Waals surface area contributed by atoms with E-state index in [1.54, 1.807) is 18.0 Å². The highest BCUT2D eigenvalue weighted by atomic mass is 35.5. The molecule has 1 unspecified atom stereocenters. The van der Waals surface area contributed by atoms with Gasteiger partial charge in [-0.15, -0.1) is 24.8 Å². The third-order valence-electron chi connectivity index (χ3n) is 3.25. The topological polar surface area (TPSA) is 59.2 Å². The fourth-order valence-electron chi connectivity index (χ4n) is 2.21. The second-order valence-electron chi connectivity index (χ2n) is 4.87. The monoisotopic (exact) mass is 351 g/mol. The average molecular weight is 352 g/mol. The van der Waals surface area contributed by atoms with E-state index < -0.39 is 0 Å². The van der Waals surface area contributed by atoms with E-state index in [0.29, 0.717) is 6.42 Å². The summed E-state index contributed by atoms with van der Waals surface area (Å²) < 4.78 is 0. The molecule has 1 amide bonds. The molecule has 1 atom stereocenters. The van der Waals surface area contributed by atoms with Gasteiger partial charge in [-0.1, -0.05) is 6.07 Å². The number of hydrogen-bond acceptors (Lipinski definition) is 4. The number of nitrogens with two attached hydrogens (primary N) is 1. The minimum atomic E-state index is 0. The first-order chi connectivity index (χ1) is 9.25. The highest BCUT2D eigenvalue weighted by Gasteiger charge is 2.20. The van der Waals surface area contributed by atoms with Crippen molar-refractivity contribution < 1.29 is 4.79 Å². The molecular weight excluding hydrogens is 329 g/mol. The van der Waals surface area contributed by atoms with E-state index in [2.05, 4.69) is 4.98 Å². The predicted molar refractivity (Wildman–Crippen MR) is 93.3 cm³/mol. The van der Waals surface area contributed by atoms with Crippen molar-refractivity contribution >= 4 is 42.5 Å². The zero-order chi connectivity index (χ0) is 13.5. The van der Waals surface area contributed by atoms with Gasteiger partial charge in [0, 0.05) is 43.3 Å². The second kappa shape index (κ2) is 11.1. The number of carbonyl (C=O) groups is 1. The molecule has 21 heavy (non-hydrogen) atoms. The molecular formula is C14H23Cl2N3OS. The Labute approximate surface area is 143 Å². The van der Waals surface area contributed by atoms with Crippen LogP contribution in [0.25, 0.3) is 0 Å². The molecule has 1 aromatic heterocycles. The summed E-state index contributed by atoms with van der Waals surface area (Å²) in [6.45, 7) is 1.60. The second-order valence-corrected chi connectivity index (χ2v) is 5.97. The molecule has 0 spiro atoms. The number of aromatic nitrogens is 1. The Morgan fingerprint density at radius 2 is 2.24 bits per heavy atom. The van der Waals surface area contributed by atoms with Crippen LogP contribution in [0.1, 0.15) is 25.0 Å². The van der Waals surface area contributed by atoms with Gasteiger partial charge in [-0.3, -0.25) is 9.78 Å². The van der Waals surface area contributed by atoms with Crippen LogP contribution in [0.5, 0.6) is 0 Å². The summed E-state index contributed by atoms with van der Waals surface area (Å²) in [5.41, 5.74) is 6.96. The first kappa shape index (κ1) is 20.5. The smallest absolute Gasteiger partial charge is 0.223 e. The Hall–Kier alpha value is -0.490. The molecule has 0 aromatic carbocycles. The first-order valence-corrected chi connectivity index (χ1v) is 7.92.